The molecule has 0 bridgehead atoms. The lowest BCUT2D eigenvalue weighted by Crippen LogP contribution is -2.34. The fraction of sp³-hybridized carbons (Fsp3) is 0.857. The third-order valence-electron chi connectivity index (χ3n) is 4.43. The maximum atomic E-state index is 5.89. The first-order valence-corrected chi connectivity index (χ1v) is 6.20. The quantitative estimate of drug-likeness (QED) is 0.630. The molecule has 0 spiro atoms. The lowest BCUT2D eigenvalue weighted by molar-refractivity contribution is 0.0109. The van der Waals surface area contributed by atoms with Gasteiger partial charge < -0.3 is 4.74 Å². The maximum Gasteiger partial charge on any atom is 0.0612 e. The van der Waals surface area contributed by atoms with Crippen molar-refractivity contribution in [1.82, 2.24) is 0 Å². The highest BCUT2D eigenvalue weighted by molar-refractivity contribution is 4.95. The number of terminal acetylenes is 1. The Morgan fingerprint density at radius 1 is 1.53 bits per heavy atom. The molecule has 1 heterocycles. The summed E-state index contributed by atoms with van der Waals surface area (Å²) < 4.78 is 5.89. The van der Waals surface area contributed by atoms with Crippen LogP contribution in [-0.2, 0) is 4.74 Å². The van der Waals surface area contributed by atoms with Crippen LogP contribution in [0.1, 0.15) is 46.0 Å². The van der Waals surface area contributed by atoms with Gasteiger partial charge in [0.05, 0.1) is 6.10 Å². The summed E-state index contributed by atoms with van der Waals surface area (Å²) >= 11 is 0. The first kappa shape index (κ1) is 11.0. The summed E-state index contributed by atoms with van der Waals surface area (Å²) in [6, 6.07) is 0. The molecular formula is C14H22O. The van der Waals surface area contributed by atoms with Crippen LogP contribution in [0.25, 0.3) is 0 Å². The maximum absolute atomic E-state index is 5.89. The van der Waals surface area contributed by atoms with E-state index in [9.17, 15) is 0 Å². The van der Waals surface area contributed by atoms with Crippen molar-refractivity contribution in [2.75, 3.05) is 6.61 Å². The van der Waals surface area contributed by atoms with Gasteiger partial charge in [0.1, 0.15) is 0 Å². The fourth-order valence-corrected chi connectivity index (χ4v) is 3.27. The van der Waals surface area contributed by atoms with Crippen molar-refractivity contribution in [3.63, 3.8) is 0 Å². The summed E-state index contributed by atoms with van der Waals surface area (Å²) in [6.07, 6.45) is 11.9. The molecule has 84 valence electrons. The monoisotopic (exact) mass is 206 g/mol. The van der Waals surface area contributed by atoms with E-state index in [1.165, 1.54) is 25.7 Å². The molecule has 1 nitrogen and oxygen atoms in total. The molecule has 2 rings (SSSR count). The minimum Gasteiger partial charge on any atom is -0.378 e. The van der Waals surface area contributed by atoms with Crippen molar-refractivity contribution < 1.29 is 4.74 Å². The SMILES string of the molecule is C#CCCC1(C)CCC2C(C)COC2C1. The molecule has 4 atom stereocenters. The predicted molar refractivity (Wildman–Crippen MR) is 62.4 cm³/mol. The smallest absolute Gasteiger partial charge is 0.0612 e. The summed E-state index contributed by atoms with van der Waals surface area (Å²) in [5.74, 6) is 4.36. The Labute approximate surface area is 93.6 Å². The van der Waals surface area contributed by atoms with Gasteiger partial charge in [-0.3, -0.25) is 0 Å². The lowest BCUT2D eigenvalue weighted by atomic mass is 9.66. The average Bonchev–Trinajstić information content (AvgIpc) is 2.57. The number of hydrogen-bond donors (Lipinski definition) is 0. The van der Waals surface area contributed by atoms with Gasteiger partial charge in [-0.15, -0.1) is 12.3 Å². The van der Waals surface area contributed by atoms with E-state index in [0.717, 1.165) is 24.9 Å². The Kier molecular flexibility index (Phi) is 3.07. The number of rotatable bonds is 2. The van der Waals surface area contributed by atoms with E-state index in [1.54, 1.807) is 0 Å². The summed E-state index contributed by atoms with van der Waals surface area (Å²) in [7, 11) is 0. The van der Waals surface area contributed by atoms with E-state index >= 15 is 0 Å². The van der Waals surface area contributed by atoms with Crippen molar-refractivity contribution in [1.29, 1.82) is 0 Å². The Balaban J connectivity index is 1.95. The Bertz CT molecular complexity index is 265. The molecule has 1 heteroatoms. The molecule has 4 unspecified atom stereocenters. The van der Waals surface area contributed by atoms with Crippen LogP contribution in [0.15, 0.2) is 0 Å². The molecule has 2 fully saturated rings. The van der Waals surface area contributed by atoms with Gasteiger partial charge in [0.25, 0.3) is 0 Å². The zero-order chi connectivity index (χ0) is 10.9. The van der Waals surface area contributed by atoms with Crippen LogP contribution >= 0.6 is 0 Å². The topological polar surface area (TPSA) is 9.23 Å². The van der Waals surface area contributed by atoms with Crippen molar-refractivity contribution in [2.45, 2.75) is 52.1 Å². The molecule has 0 aromatic rings. The molecule has 0 aromatic heterocycles. The second kappa shape index (κ2) is 4.18. The molecular weight excluding hydrogens is 184 g/mol. The zero-order valence-electron chi connectivity index (χ0n) is 9.96. The highest BCUT2D eigenvalue weighted by atomic mass is 16.5. The Morgan fingerprint density at radius 3 is 3.07 bits per heavy atom. The Morgan fingerprint density at radius 2 is 2.33 bits per heavy atom. The standard InChI is InChI=1S/C14H22O/c1-4-5-7-14(3)8-6-12-11(2)10-15-13(12)9-14/h1,11-13H,5-10H2,2-3H3. The molecule has 1 aliphatic carbocycles. The number of hydrogen-bond acceptors (Lipinski definition) is 1. The first-order valence-electron chi connectivity index (χ1n) is 6.20. The third kappa shape index (κ3) is 2.21. The zero-order valence-corrected chi connectivity index (χ0v) is 9.96. The predicted octanol–water partition coefficient (Wildman–Crippen LogP) is 3.24. The summed E-state index contributed by atoms with van der Waals surface area (Å²) in [5, 5.41) is 0. The normalized spacial score (nSPS) is 44.7. The Hall–Kier alpha value is -0.480. The van der Waals surface area contributed by atoms with E-state index in [4.69, 9.17) is 11.2 Å². The minimum atomic E-state index is 0.442. The van der Waals surface area contributed by atoms with Crippen molar-refractivity contribution in [2.24, 2.45) is 17.3 Å². The van der Waals surface area contributed by atoms with Gasteiger partial charge in [0.15, 0.2) is 0 Å². The summed E-state index contributed by atoms with van der Waals surface area (Å²) in [5.41, 5.74) is 0.442. The molecule has 0 radical (unpaired) electrons. The molecule has 0 aromatic carbocycles. The van der Waals surface area contributed by atoms with Gasteiger partial charge in [-0.2, -0.15) is 0 Å². The molecule has 0 N–H and O–H groups in total. The minimum absolute atomic E-state index is 0.442. The molecule has 1 saturated heterocycles. The van der Waals surface area contributed by atoms with Crippen LogP contribution in [0.3, 0.4) is 0 Å². The third-order valence-corrected chi connectivity index (χ3v) is 4.43. The molecule has 1 saturated carbocycles. The van der Waals surface area contributed by atoms with Gasteiger partial charge in [-0.25, -0.2) is 0 Å². The largest absolute Gasteiger partial charge is 0.378 e. The van der Waals surface area contributed by atoms with E-state index < -0.39 is 0 Å². The van der Waals surface area contributed by atoms with Crippen LogP contribution in [-0.4, -0.2) is 12.7 Å². The van der Waals surface area contributed by atoms with E-state index in [2.05, 4.69) is 19.8 Å². The van der Waals surface area contributed by atoms with Crippen LogP contribution in [0.5, 0.6) is 0 Å². The second-order valence-corrected chi connectivity index (χ2v) is 5.77. The van der Waals surface area contributed by atoms with Gasteiger partial charge in [-0.1, -0.05) is 13.8 Å². The fourth-order valence-electron chi connectivity index (χ4n) is 3.27. The molecule has 1 aliphatic heterocycles. The van der Waals surface area contributed by atoms with Gasteiger partial charge >= 0.3 is 0 Å². The van der Waals surface area contributed by atoms with Crippen LogP contribution in [0.4, 0.5) is 0 Å². The van der Waals surface area contributed by atoms with Crippen LogP contribution in [0.2, 0.25) is 0 Å². The van der Waals surface area contributed by atoms with E-state index in [0.29, 0.717) is 11.5 Å². The summed E-state index contributed by atoms with van der Waals surface area (Å²) in [4.78, 5) is 0. The summed E-state index contributed by atoms with van der Waals surface area (Å²) in [6.45, 7) is 5.68. The lowest BCUT2D eigenvalue weighted by Gasteiger charge is -2.40. The number of ether oxygens (including phenoxy) is 1. The average molecular weight is 206 g/mol. The highest BCUT2D eigenvalue weighted by Gasteiger charge is 2.43. The highest BCUT2D eigenvalue weighted by Crippen LogP contribution is 2.47. The number of fused-ring (bicyclic) bond motifs is 1. The van der Waals surface area contributed by atoms with E-state index in [-0.39, 0.29) is 0 Å². The van der Waals surface area contributed by atoms with E-state index in [1.807, 2.05) is 0 Å². The van der Waals surface area contributed by atoms with Gasteiger partial charge in [0, 0.05) is 13.0 Å². The molecule has 0 amide bonds. The van der Waals surface area contributed by atoms with Crippen molar-refractivity contribution in [3.8, 4) is 12.3 Å². The first-order chi connectivity index (χ1) is 7.14. The molecule has 2 aliphatic rings. The van der Waals surface area contributed by atoms with Crippen LogP contribution in [0, 0.1) is 29.6 Å². The van der Waals surface area contributed by atoms with Crippen LogP contribution < -0.4 is 0 Å². The van der Waals surface area contributed by atoms with Crippen molar-refractivity contribution >= 4 is 0 Å². The van der Waals surface area contributed by atoms with Crippen molar-refractivity contribution in [3.05, 3.63) is 0 Å². The van der Waals surface area contributed by atoms with Gasteiger partial charge in [0.2, 0.25) is 0 Å². The second-order valence-electron chi connectivity index (χ2n) is 5.77. The molecule has 15 heavy (non-hydrogen) atoms. The van der Waals surface area contributed by atoms with Gasteiger partial charge in [-0.05, 0) is 42.9 Å².